The van der Waals surface area contributed by atoms with E-state index < -0.39 is 0 Å². The monoisotopic (exact) mass is 337 g/mol. The van der Waals surface area contributed by atoms with E-state index in [2.05, 4.69) is 21.6 Å². The Balaban J connectivity index is 1.62. The molecule has 1 amide bonds. The molecule has 0 aliphatic carbocycles. The first-order chi connectivity index (χ1) is 11.9. The van der Waals surface area contributed by atoms with Gasteiger partial charge in [-0.05, 0) is 44.5 Å². The van der Waals surface area contributed by atoms with Crippen molar-refractivity contribution in [2.24, 2.45) is 7.05 Å². The number of nitrogens with one attached hydrogen (secondary N) is 1. The molecule has 130 valence electrons. The van der Waals surface area contributed by atoms with Crippen molar-refractivity contribution < 1.29 is 4.79 Å². The molecule has 2 heterocycles. The molecule has 0 saturated heterocycles. The summed E-state index contributed by atoms with van der Waals surface area (Å²) in [4.78, 5) is 12.3. The third-order valence-electron chi connectivity index (χ3n) is 4.43. The van der Waals surface area contributed by atoms with Crippen LogP contribution in [0.4, 0.5) is 0 Å². The Kier molecular flexibility index (Phi) is 4.70. The van der Waals surface area contributed by atoms with E-state index in [9.17, 15) is 4.79 Å². The zero-order valence-electron chi connectivity index (χ0n) is 15.1. The van der Waals surface area contributed by atoms with Crippen molar-refractivity contribution in [1.29, 1.82) is 0 Å². The fourth-order valence-corrected chi connectivity index (χ4v) is 2.76. The van der Waals surface area contributed by atoms with Crippen molar-refractivity contribution in [3.05, 3.63) is 70.3 Å². The Hall–Kier alpha value is -2.89. The molecule has 0 fully saturated rings. The highest BCUT2D eigenvalue weighted by Crippen LogP contribution is 2.10. The minimum atomic E-state index is -0.0825. The maximum absolute atomic E-state index is 12.3. The number of carbonyl (C=O) groups is 1. The maximum Gasteiger partial charge on any atom is 0.251 e. The van der Waals surface area contributed by atoms with Crippen LogP contribution in [0.25, 0.3) is 0 Å². The Labute approximate surface area is 147 Å². The van der Waals surface area contributed by atoms with Gasteiger partial charge in [-0.25, -0.2) is 0 Å². The van der Waals surface area contributed by atoms with Gasteiger partial charge in [0.05, 0.1) is 18.4 Å². The number of aromatic nitrogens is 4. The van der Waals surface area contributed by atoms with Crippen molar-refractivity contribution in [2.75, 3.05) is 0 Å². The summed E-state index contributed by atoms with van der Waals surface area (Å²) >= 11 is 0. The normalized spacial score (nSPS) is 10.9. The minimum Gasteiger partial charge on any atom is -0.348 e. The third-order valence-corrected chi connectivity index (χ3v) is 4.43. The molecule has 0 aliphatic heterocycles. The number of aryl methyl sites for hydroxylation is 3. The molecule has 0 radical (unpaired) electrons. The fourth-order valence-electron chi connectivity index (χ4n) is 2.76. The van der Waals surface area contributed by atoms with Gasteiger partial charge in [0.2, 0.25) is 0 Å². The van der Waals surface area contributed by atoms with Gasteiger partial charge in [-0.2, -0.15) is 10.2 Å². The first-order valence-electron chi connectivity index (χ1n) is 8.29. The summed E-state index contributed by atoms with van der Waals surface area (Å²) in [5.74, 6) is -0.0825. The molecule has 0 aliphatic rings. The maximum atomic E-state index is 12.3. The smallest absolute Gasteiger partial charge is 0.251 e. The van der Waals surface area contributed by atoms with Crippen LogP contribution in [-0.2, 0) is 20.1 Å². The predicted molar refractivity (Wildman–Crippen MR) is 96.4 cm³/mol. The molecule has 0 spiro atoms. The molecule has 0 saturated carbocycles. The van der Waals surface area contributed by atoms with E-state index in [-0.39, 0.29) is 5.91 Å². The van der Waals surface area contributed by atoms with Gasteiger partial charge in [0.15, 0.2) is 0 Å². The zero-order chi connectivity index (χ0) is 18.0. The fraction of sp³-hybridized carbons (Fsp3) is 0.316. The number of carbonyl (C=O) groups excluding carboxylic acids is 1. The van der Waals surface area contributed by atoms with Crippen LogP contribution in [0.5, 0.6) is 0 Å². The second kappa shape index (κ2) is 6.93. The molecule has 0 bridgehead atoms. The summed E-state index contributed by atoms with van der Waals surface area (Å²) in [6.07, 6.45) is 1.78. The molecular formula is C19H23N5O. The molecule has 0 atom stereocenters. The summed E-state index contributed by atoms with van der Waals surface area (Å²) in [6, 6.07) is 9.71. The molecule has 3 rings (SSSR count). The standard InChI is InChI=1S/C19H23N5O/c1-13-9-14(2)24(22-13)12-16-5-7-17(8-6-16)19(25)20-10-18-11-21-23(4)15(18)3/h5-9,11H,10,12H2,1-4H3,(H,20,25). The highest BCUT2D eigenvalue weighted by atomic mass is 16.1. The molecular weight excluding hydrogens is 314 g/mol. The Morgan fingerprint density at radius 3 is 2.44 bits per heavy atom. The summed E-state index contributed by atoms with van der Waals surface area (Å²) in [5.41, 5.74) is 5.99. The van der Waals surface area contributed by atoms with E-state index in [1.54, 1.807) is 10.9 Å². The summed E-state index contributed by atoms with van der Waals surface area (Å²) in [6.45, 7) is 7.20. The topological polar surface area (TPSA) is 64.7 Å². The molecule has 2 aromatic heterocycles. The molecule has 6 heteroatoms. The van der Waals surface area contributed by atoms with E-state index in [0.717, 1.165) is 28.2 Å². The van der Waals surface area contributed by atoms with Crippen LogP contribution in [0.3, 0.4) is 0 Å². The summed E-state index contributed by atoms with van der Waals surface area (Å²) in [5, 5.41) is 11.6. The minimum absolute atomic E-state index is 0.0825. The van der Waals surface area contributed by atoms with E-state index in [4.69, 9.17) is 0 Å². The van der Waals surface area contributed by atoms with E-state index in [1.165, 1.54) is 0 Å². The lowest BCUT2D eigenvalue weighted by Gasteiger charge is -2.07. The molecule has 3 aromatic rings. The van der Waals surface area contributed by atoms with Gasteiger partial charge in [-0.1, -0.05) is 12.1 Å². The second-order valence-electron chi connectivity index (χ2n) is 6.34. The van der Waals surface area contributed by atoms with Crippen molar-refractivity contribution in [2.45, 2.75) is 33.9 Å². The first kappa shape index (κ1) is 17.0. The SMILES string of the molecule is Cc1cc(C)n(Cc2ccc(C(=O)NCc3cnn(C)c3C)cc2)n1. The van der Waals surface area contributed by atoms with Crippen LogP contribution in [0.1, 0.15) is 38.6 Å². The lowest BCUT2D eigenvalue weighted by molar-refractivity contribution is 0.0951. The summed E-state index contributed by atoms with van der Waals surface area (Å²) < 4.78 is 3.77. The number of hydrogen-bond acceptors (Lipinski definition) is 3. The number of rotatable bonds is 5. The van der Waals surface area contributed by atoms with Crippen LogP contribution in [-0.4, -0.2) is 25.5 Å². The Morgan fingerprint density at radius 1 is 1.16 bits per heavy atom. The van der Waals surface area contributed by atoms with E-state index >= 15 is 0 Å². The van der Waals surface area contributed by atoms with Crippen LogP contribution in [0.15, 0.2) is 36.5 Å². The van der Waals surface area contributed by atoms with Crippen LogP contribution < -0.4 is 5.32 Å². The lowest BCUT2D eigenvalue weighted by Crippen LogP contribution is -2.23. The van der Waals surface area contributed by atoms with Gasteiger partial charge in [0.25, 0.3) is 5.91 Å². The van der Waals surface area contributed by atoms with Crippen LogP contribution >= 0.6 is 0 Å². The average Bonchev–Trinajstić information content (AvgIpc) is 3.08. The van der Waals surface area contributed by atoms with Gasteiger partial charge in [0.1, 0.15) is 0 Å². The van der Waals surface area contributed by atoms with Crippen molar-refractivity contribution >= 4 is 5.91 Å². The molecule has 25 heavy (non-hydrogen) atoms. The highest BCUT2D eigenvalue weighted by Gasteiger charge is 2.09. The summed E-state index contributed by atoms with van der Waals surface area (Å²) in [7, 11) is 1.89. The Morgan fingerprint density at radius 2 is 1.88 bits per heavy atom. The van der Waals surface area contributed by atoms with Crippen molar-refractivity contribution in [3.8, 4) is 0 Å². The lowest BCUT2D eigenvalue weighted by atomic mass is 10.1. The van der Waals surface area contributed by atoms with Crippen LogP contribution in [0, 0.1) is 20.8 Å². The average molecular weight is 337 g/mol. The number of benzene rings is 1. The second-order valence-corrected chi connectivity index (χ2v) is 6.34. The largest absolute Gasteiger partial charge is 0.348 e. The molecule has 6 nitrogen and oxygen atoms in total. The van der Waals surface area contributed by atoms with Crippen molar-refractivity contribution in [1.82, 2.24) is 24.9 Å². The number of nitrogens with zero attached hydrogens (tertiary/aromatic N) is 4. The van der Waals surface area contributed by atoms with Gasteiger partial charge in [-0.3, -0.25) is 14.2 Å². The van der Waals surface area contributed by atoms with E-state index in [0.29, 0.717) is 18.7 Å². The molecule has 1 aromatic carbocycles. The number of hydrogen-bond donors (Lipinski definition) is 1. The van der Waals surface area contributed by atoms with Gasteiger partial charge >= 0.3 is 0 Å². The van der Waals surface area contributed by atoms with Gasteiger partial charge < -0.3 is 5.32 Å². The highest BCUT2D eigenvalue weighted by molar-refractivity contribution is 5.94. The Bertz CT molecular complexity index is 889. The van der Waals surface area contributed by atoms with Gasteiger partial charge in [-0.15, -0.1) is 0 Å². The van der Waals surface area contributed by atoms with Gasteiger partial charge in [0, 0.05) is 36.1 Å². The quantitative estimate of drug-likeness (QED) is 0.778. The first-order valence-corrected chi connectivity index (χ1v) is 8.29. The number of amides is 1. The van der Waals surface area contributed by atoms with Crippen LogP contribution in [0.2, 0.25) is 0 Å². The zero-order valence-corrected chi connectivity index (χ0v) is 15.1. The predicted octanol–water partition coefficient (Wildman–Crippen LogP) is 2.52. The molecule has 0 unspecified atom stereocenters. The van der Waals surface area contributed by atoms with E-state index in [1.807, 2.05) is 56.8 Å². The molecule has 1 N–H and O–H groups in total. The van der Waals surface area contributed by atoms with Crippen molar-refractivity contribution in [3.63, 3.8) is 0 Å². The third kappa shape index (κ3) is 3.79.